The largest absolute Gasteiger partial charge is 0.456 e. The van der Waals surface area contributed by atoms with E-state index < -0.39 is 0 Å². The van der Waals surface area contributed by atoms with Gasteiger partial charge in [-0.15, -0.1) is 0 Å². The van der Waals surface area contributed by atoms with Crippen LogP contribution in [0.2, 0.25) is 0 Å². The second-order valence-electron chi connectivity index (χ2n) is 12.8. The monoisotopic (exact) mass is 654 g/mol. The molecule has 0 radical (unpaired) electrons. The van der Waals surface area contributed by atoms with Crippen LogP contribution in [0.25, 0.3) is 106 Å². The third-order valence-corrected chi connectivity index (χ3v) is 9.89. The standard InChI is InChI=1S/C45H26N4O2/c1-2-12-27(13-3-1)43-46-44(48-45(47-43)49-36-20-7-4-14-30(36)31-15-5-8-21-37(31)49)34-19-10-18-32-35-26-28(24-25-39(35)51-42(32)34)29-17-11-23-40-41(29)33-16-6-9-22-38(33)50-40/h1-26H. The molecule has 0 aliphatic heterocycles. The van der Waals surface area contributed by atoms with Gasteiger partial charge in [0.15, 0.2) is 11.6 Å². The first-order valence-electron chi connectivity index (χ1n) is 16.9. The SMILES string of the molecule is c1ccc(-c2nc(-c3cccc4c3oc3ccc(-c5cccc6oc7ccccc7c56)cc34)nc(-n3c4ccccc4c4ccccc43)n2)cc1. The predicted octanol–water partition coefficient (Wildman–Crippen LogP) is 11.8. The Labute approximate surface area is 290 Å². The van der Waals surface area contributed by atoms with Gasteiger partial charge in [0.25, 0.3) is 0 Å². The van der Waals surface area contributed by atoms with Crippen LogP contribution in [-0.2, 0) is 0 Å². The van der Waals surface area contributed by atoms with Gasteiger partial charge in [0.05, 0.1) is 16.6 Å². The van der Waals surface area contributed by atoms with Crippen molar-refractivity contribution in [3.8, 4) is 39.9 Å². The van der Waals surface area contributed by atoms with Gasteiger partial charge in [-0.3, -0.25) is 4.57 Å². The lowest BCUT2D eigenvalue weighted by atomic mass is 9.97. The molecule has 11 rings (SSSR count). The zero-order valence-electron chi connectivity index (χ0n) is 27.1. The zero-order valence-corrected chi connectivity index (χ0v) is 27.1. The maximum Gasteiger partial charge on any atom is 0.238 e. The molecule has 0 fully saturated rings. The molecule has 0 N–H and O–H groups in total. The quantitative estimate of drug-likeness (QED) is 0.189. The minimum absolute atomic E-state index is 0.542. The lowest BCUT2D eigenvalue weighted by Crippen LogP contribution is -2.06. The van der Waals surface area contributed by atoms with E-state index in [0.717, 1.165) is 87.9 Å². The number of rotatable bonds is 4. The lowest BCUT2D eigenvalue weighted by Gasteiger charge is -2.11. The summed E-state index contributed by atoms with van der Waals surface area (Å²) in [6, 6.07) is 53.9. The first-order valence-corrected chi connectivity index (χ1v) is 16.9. The van der Waals surface area contributed by atoms with E-state index in [1.54, 1.807) is 0 Å². The van der Waals surface area contributed by atoms with Crippen LogP contribution in [0.1, 0.15) is 0 Å². The van der Waals surface area contributed by atoms with Crippen molar-refractivity contribution in [2.24, 2.45) is 0 Å². The summed E-state index contributed by atoms with van der Waals surface area (Å²) in [5, 5.41) is 6.52. The Morgan fingerprint density at radius 2 is 1.02 bits per heavy atom. The van der Waals surface area contributed by atoms with Gasteiger partial charge in [-0.25, -0.2) is 4.98 Å². The Hall–Kier alpha value is -7.05. The Bertz CT molecular complexity index is 3100. The van der Waals surface area contributed by atoms with Crippen molar-refractivity contribution in [3.05, 3.63) is 158 Å². The molecule has 6 nitrogen and oxygen atoms in total. The molecule has 7 aromatic carbocycles. The lowest BCUT2D eigenvalue weighted by molar-refractivity contribution is 0.669. The van der Waals surface area contributed by atoms with E-state index in [-0.39, 0.29) is 0 Å². The fourth-order valence-corrected chi connectivity index (χ4v) is 7.60. The van der Waals surface area contributed by atoms with Gasteiger partial charge in [0.1, 0.15) is 22.3 Å². The molecule has 0 saturated heterocycles. The Balaban J connectivity index is 1.14. The van der Waals surface area contributed by atoms with E-state index in [1.807, 2.05) is 54.6 Å². The molecular weight excluding hydrogens is 629 g/mol. The van der Waals surface area contributed by atoms with Crippen LogP contribution in [0.3, 0.4) is 0 Å². The highest BCUT2D eigenvalue weighted by atomic mass is 16.3. The molecule has 238 valence electrons. The highest BCUT2D eigenvalue weighted by Gasteiger charge is 2.21. The van der Waals surface area contributed by atoms with Crippen LogP contribution in [-0.4, -0.2) is 19.5 Å². The molecular formula is C45H26N4O2. The first kappa shape index (κ1) is 27.9. The summed E-state index contributed by atoms with van der Waals surface area (Å²) < 4.78 is 15.0. The van der Waals surface area contributed by atoms with E-state index in [1.165, 1.54) is 0 Å². The minimum Gasteiger partial charge on any atom is -0.456 e. The number of hydrogen-bond donors (Lipinski definition) is 0. The molecule has 0 atom stereocenters. The van der Waals surface area contributed by atoms with Crippen molar-refractivity contribution in [1.82, 2.24) is 19.5 Å². The summed E-state index contributed by atoms with van der Waals surface area (Å²) in [5.74, 6) is 1.68. The highest BCUT2D eigenvalue weighted by Crippen LogP contribution is 2.41. The van der Waals surface area contributed by atoms with Crippen LogP contribution < -0.4 is 0 Å². The number of fused-ring (bicyclic) bond motifs is 9. The summed E-state index contributed by atoms with van der Waals surface area (Å²) in [6.07, 6.45) is 0. The average molecular weight is 655 g/mol. The van der Waals surface area contributed by atoms with E-state index >= 15 is 0 Å². The van der Waals surface area contributed by atoms with Gasteiger partial charge in [-0.1, -0.05) is 115 Å². The molecule has 4 heterocycles. The molecule has 0 amide bonds. The number of nitrogens with zero attached hydrogens (tertiary/aromatic N) is 4. The van der Waals surface area contributed by atoms with Gasteiger partial charge in [0, 0.05) is 37.9 Å². The van der Waals surface area contributed by atoms with Crippen molar-refractivity contribution in [3.63, 3.8) is 0 Å². The summed E-state index contributed by atoms with van der Waals surface area (Å²) >= 11 is 0. The van der Waals surface area contributed by atoms with Crippen LogP contribution >= 0.6 is 0 Å². The second kappa shape index (κ2) is 10.7. The molecule has 4 aromatic heterocycles. The number of furan rings is 2. The normalized spacial score (nSPS) is 11.9. The van der Waals surface area contributed by atoms with Crippen LogP contribution in [0.5, 0.6) is 0 Å². The maximum absolute atomic E-state index is 6.66. The van der Waals surface area contributed by atoms with Crippen molar-refractivity contribution in [1.29, 1.82) is 0 Å². The minimum atomic E-state index is 0.542. The third kappa shape index (κ3) is 4.20. The van der Waals surface area contributed by atoms with Crippen molar-refractivity contribution < 1.29 is 8.83 Å². The maximum atomic E-state index is 6.66. The summed E-state index contributed by atoms with van der Waals surface area (Å²) in [7, 11) is 0. The van der Waals surface area contributed by atoms with Gasteiger partial charge in [0.2, 0.25) is 5.95 Å². The van der Waals surface area contributed by atoms with Crippen molar-refractivity contribution in [2.45, 2.75) is 0 Å². The highest BCUT2D eigenvalue weighted by molar-refractivity contribution is 6.15. The van der Waals surface area contributed by atoms with E-state index in [2.05, 4.69) is 108 Å². The van der Waals surface area contributed by atoms with Gasteiger partial charge < -0.3 is 8.83 Å². The van der Waals surface area contributed by atoms with E-state index in [0.29, 0.717) is 17.6 Å². The fraction of sp³-hybridized carbons (Fsp3) is 0. The van der Waals surface area contributed by atoms with Crippen molar-refractivity contribution >= 4 is 65.7 Å². The molecule has 0 unspecified atom stereocenters. The van der Waals surface area contributed by atoms with E-state index in [4.69, 9.17) is 23.8 Å². The number of benzene rings is 7. The number of hydrogen-bond acceptors (Lipinski definition) is 5. The molecule has 0 aliphatic rings. The Morgan fingerprint density at radius 1 is 0.392 bits per heavy atom. The Morgan fingerprint density at radius 3 is 1.84 bits per heavy atom. The van der Waals surface area contributed by atoms with Crippen LogP contribution in [0.15, 0.2) is 167 Å². The molecule has 0 bridgehead atoms. The average Bonchev–Trinajstić information content (AvgIpc) is 3.87. The summed E-state index contributed by atoms with van der Waals surface area (Å²) in [5.41, 5.74) is 9.26. The smallest absolute Gasteiger partial charge is 0.238 e. The van der Waals surface area contributed by atoms with Gasteiger partial charge in [-0.2, -0.15) is 9.97 Å². The molecule has 0 spiro atoms. The van der Waals surface area contributed by atoms with Gasteiger partial charge in [-0.05, 0) is 53.6 Å². The molecule has 51 heavy (non-hydrogen) atoms. The number of para-hydroxylation sites is 4. The summed E-state index contributed by atoms with van der Waals surface area (Å²) in [6.45, 7) is 0. The van der Waals surface area contributed by atoms with Crippen molar-refractivity contribution in [2.75, 3.05) is 0 Å². The van der Waals surface area contributed by atoms with Crippen LogP contribution in [0.4, 0.5) is 0 Å². The fourth-order valence-electron chi connectivity index (χ4n) is 7.60. The molecule has 0 aliphatic carbocycles. The topological polar surface area (TPSA) is 69.9 Å². The number of aromatic nitrogens is 4. The van der Waals surface area contributed by atoms with Gasteiger partial charge >= 0.3 is 0 Å². The van der Waals surface area contributed by atoms with Crippen LogP contribution in [0, 0.1) is 0 Å². The third-order valence-electron chi connectivity index (χ3n) is 9.89. The Kier molecular flexibility index (Phi) is 5.86. The predicted molar refractivity (Wildman–Crippen MR) is 205 cm³/mol. The van der Waals surface area contributed by atoms with E-state index in [9.17, 15) is 0 Å². The zero-order chi connectivity index (χ0) is 33.5. The molecule has 11 aromatic rings. The molecule has 0 saturated carbocycles. The first-order chi connectivity index (χ1) is 25.3. The summed E-state index contributed by atoms with van der Waals surface area (Å²) in [4.78, 5) is 15.3. The molecule has 6 heteroatoms. The second-order valence-corrected chi connectivity index (χ2v) is 12.8.